The van der Waals surface area contributed by atoms with E-state index in [1.807, 2.05) is 32.0 Å². The van der Waals surface area contributed by atoms with Crippen LogP contribution in [0.2, 0.25) is 0 Å². The molecule has 1 atom stereocenters. The molecule has 0 N–H and O–H groups in total. The molecular formula is C19H21NO3S. The molecule has 0 aliphatic carbocycles. The van der Waals surface area contributed by atoms with Crippen LogP contribution in [0.4, 0.5) is 0 Å². The second-order valence-corrected chi connectivity index (χ2v) is 8.57. The molecule has 1 amide bonds. The summed E-state index contributed by atoms with van der Waals surface area (Å²) in [6.45, 7) is 4.63. The molecule has 2 aromatic rings. The molecule has 1 fully saturated rings. The van der Waals surface area contributed by atoms with E-state index in [4.69, 9.17) is 0 Å². The molecule has 1 aliphatic heterocycles. The summed E-state index contributed by atoms with van der Waals surface area (Å²) in [6.07, 6.45) is 0.480. The van der Waals surface area contributed by atoms with Crippen molar-refractivity contribution in [3.05, 3.63) is 65.2 Å². The summed E-state index contributed by atoms with van der Waals surface area (Å²) in [7, 11) is -3.40. The van der Waals surface area contributed by atoms with E-state index in [-0.39, 0.29) is 12.5 Å². The highest BCUT2D eigenvalue weighted by molar-refractivity contribution is 7.92. The Labute approximate surface area is 143 Å². The van der Waals surface area contributed by atoms with Gasteiger partial charge in [-0.05, 0) is 44.0 Å². The lowest BCUT2D eigenvalue weighted by atomic mass is 10.0. The van der Waals surface area contributed by atoms with E-state index in [1.165, 1.54) is 0 Å². The quantitative estimate of drug-likeness (QED) is 0.861. The molecule has 0 spiro atoms. The highest BCUT2D eigenvalue weighted by atomic mass is 32.2. The zero-order chi connectivity index (χ0) is 17.3. The topological polar surface area (TPSA) is 54.5 Å². The first-order valence-electron chi connectivity index (χ1n) is 8.05. The van der Waals surface area contributed by atoms with E-state index in [9.17, 15) is 13.2 Å². The molecule has 24 heavy (non-hydrogen) atoms. The van der Waals surface area contributed by atoms with Gasteiger partial charge in [-0.3, -0.25) is 4.79 Å². The van der Waals surface area contributed by atoms with Gasteiger partial charge in [-0.2, -0.15) is 0 Å². The molecule has 1 unspecified atom stereocenters. The summed E-state index contributed by atoms with van der Waals surface area (Å²) in [4.78, 5) is 14.7. The monoisotopic (exact) mass is 343 g/mol. The van der Waals surface area contributed by atoms with Crippen molar-refractivity contribution in [3.8, 4) is 0 Å². The van der Waals surface area contributed by atoms with Gasteiger partial charge in [0.1, 0.15) is 0 Å². The first-order chi connectivity index (χ1) is 11.4. The summed E-state index contributed by atoms with van der Waals surface area (Å²) in [6, 6.07) is 14.2. The highest BCUT2D eigenvalue weighted by Crippen LogP contribution is 2.25. The smallest absolute Gasteiger partial charge is 0.254 e. The molecule has 0 bridgehead atoms. The largest absolute Gasteiger partial charge is 0.337 e. The first kappa shape index (κ1) is 16.7. The number of hydrogen-bond donors (Lipinski definition) is 0. The lowest BCUT2D eigenvalue weighted by Crippen LogP contribution is -2.32. The number of carbonyl (C=O) groups is 1. The first-order valence-corrected chi connectivity index (χ1v) is 9.59. The summed E-state index contributed by atoms with van der Waals surface area (Å²) in [5, 5.41) is -0.533. The summed E-state index contributed by atoms with van der Waals surface area (Å²) in [5.41, 5.74) is 2.68. The van der Waals surface area contributed by atoms with Crippen LogP contribution in [0.15, 0.2) is 53.4 Å². The number of rotatable bonds is 3. The van der Waals surface area contributed by atoms with Crippen LogP contribution in [-0.4, -0.2) is 37.6 Å². The zero-order valence-corrected chi connectivity index (χ0v) is 14.7. The van der Waals surface area contributed by atoms with Gasteiger partial charge in [0.05, 0.1) is 10.1 Å². The Bertz CT molecular complexity index is 859. The Morgan fingerprint density at radius 2 is 1.79 bits per heavy atom. The molecule has 5 heteroatoms. The summed E-state index contributed by atoms with van der Waals surface area (Å²) < 4.78 is 25.4. The van der Waals surface area contributed by atoms with Crippen molar-refractivity contribution in [3.63, 3.8) is 0 Å². The molecule has 4 nitrogen and oxygen atoms in total. The van der Waals surface area contributed by atoms with Crippen LogP contribution in [0.25, 0.3) is 0 Å². The number of amides is 1. The van der Waals surface area contributed by atoms with E-state index in [1.54, 1.807) is 35.2 Å². The zero-order valence-electron chi connectivity index (χ0n) is 13.9. The van der Waals surface area contributed by atoms with Gasteiger partial charge in [-0.15, -0.1) is 0 Å². The van der Waals surface area contributed by atoms with Crippen LogP contribution in [0.5, 0.6) is 0 Å². The maximum Gasteiger partial charge on any atom is 0.254 e. The van der Waals surface area contributed by atoms with Crippen LogP contribution >= 0.6 is 0 Å². The highest BCUT2D eigenvalue weighted by Gasteiger charge is 2.36. The van der Waals surface area contributed by atoms with Crippen molar-refractivity contribution in [2.75, 3.05) is 13.1 Å². The Balaban J connectivity index is 1.79. The molecule has 126 valence electrons. The second kappa shape index (κ2) is 6.40. The maximum absolute atomic E-state index is 12.7. The molecule has 0 radical (unpaired) electrons. The maximum atomic E-state index is 12.7. The molecule has 2 aromatic carbocycles. The summed E-state index contributed by atoms with van der Waals surface area (Å²) in [5.74, 6) is -0.0849. The number of carbonyl (C=O) groups excluding carboxylic acids is 1. The number of sulfone groups is 1. The van der Waals surface area contributed by atoms with Gasteiger partial charge in [0.2, 0.25) is 0 Å². The van der Waals surface area contributed by atoms with Gasteiger partial charge in [0.15, 0.2) is 9.84 Å². The van der Waals surface area contributed by atoms with E-state index >= 15 is 0 Å². The van der Waals surface area contributed by atoms with Crippen LogP contribution < -0.4 is 0 Å². The lowest BCUT2D eigenvalue weighted by molar-refractivity contribution is 0.0792. The molecule has 0 saturated carbocycles. The lowest BCUT2D eigenvalue weighted by Gasteiger charge is -2.18. The minimum atomic E-state index is -3.40. The number of nitrogens with zero attached hydrogens (tertiary/aromatic N) is 1. The van der Waals surface area contributed by atoms with Crippen molar-refractivity contribution < 1.29 is 13.2 Å². The van der Waals surface area contributed by atoms with Gasteiger partial charge in [0.25, 0.3) is 5.91 Å². The molecule has 3 rings (SSSR count). The minimum absolute atomic E-state index is 0.0849. The predicted octanol–water partition coefficient (Wildman–Crippen LogP) is 2.99. The SMILES string of the molecule is Cc1ccc(C(=O)N2CCC(S(=O)(=O)c3ccccc3)C2)c(C)c1. The van der Waals surface area contributed by atoms with Crippen molar-refractivity contribution in [1.29, 1.82) is 0 Å². The van der Waals surface area contributed by atoms with Gasteiger partial charge in [-0.25, -0.2) is 8.42 Å². The fourth-order valence-corrected chi connectivity index (χ4v) is 4.91. The third-order valence-corrected chi connectivity index (χ3v) is 6.75. The van der Waals surface area contributed by atoms with E-state index in [0.717, 1.165) is 11.1 Å². The van der Waals surface area contributed by atoms with Gasteiger partial charge >= 0.3 is 0 Å². The average Bonchev–Trinajstić information content (AvgIpc) is 3.06. The van der Waals surface area contributed by atoms with Crippen LogP contribution in [0, 0.1) is 13.8 Å². The van der Waals surface area contributed by atoms with E-state index in [2.05, 4.69) is 0 Å². The van der Waals surface area contributed by atoms with Gasteiger partial charge in [0, 0.05) is 18.7 Å². The average molecular weight is 343 g/mol. The number of benzene rings is 2. The third kappa shape index (κ3) is 3.08. The van der Waals surface area contributed by atoms with Crippen molar-refractivity contribution in [2.24, 2.45) is 0 Å². The molecule has 1 saturated heterocycles. The Morgan fingerprint density at radius 3 is 2.46 bits per heavy atom. The van der Waals surface area contributed by atoms with Crippen molar-refractivity contribution in [2.45, 2.75) is 30.4 Å². The van der Waals surface area contributed by atoms with Crippen LogP contribution in [0.3, 0.4) is 0 Å². The Hall–Kier alpha value is -2.14. The number of hydrogen-bond acceptors (Lipinski definition) is 3. The molecular weight excluding hydrogens is 322 g/mol. The predicted molar refractivity (Wildman–Crippen MR) is 93.9 cm³/mol. The minimum Gasteiger partial charge on any atom is -0.337 e. The fourth-order valence-electron chi connectivity index (χ4n) is 3.19. The summed E-state index contributed by atoms with van der Waals surface area (Å²) >= 11 is 0. The van der Waals surface area contributed by atoms with Crippen LogP contribution in [-0.2, 0) is 9.84 Å². The molecule has 0 aromatic heterocycles. The van der Waals surface area contributed by atoms with Crippen molar-refractivity contribution >= 4 is 15.7 Å². The van der Waals surface area contributed by atoms with Gasteiger partial charge in [-0.1, -0.05) is 35.9 Å². The molecule has 1 aliphatic rings. The van der Waals surface area contributed by atoms with Crippen molar-refractivity contribution in [1.82, 2.24) is 4.90 Å². The van der Waals surface area contributed by atoms with E-state index in [0.29, 0.717) is 23.4 Å². The second-order valence-electron chi connectivity index (χ2n) is 6.34. The molecule has 1 heterocycles. The fraction of sp³-hybridized carbons (Fsp3) is 0.316. The third-order valence-electron chi connectivity index (χ3n) is 4.56. The van der Waals surface area contributed by atoms with Crippen LogP contribution in [0.1, 0.15) is 27.9 Å². The Morgan fingerprint density at radius 1 is 1.08 bits per heavy atom. The van der Waals surface area contributed by atoms with Gasteiger partial charge < -0.3 is 4.90 Å². The standard InChI is InChI=1S/C19H21NO3S/c1-14-8-9-18(15(2)12-14)19(21)20-11-10-17(13-20)24(22,23)16-6-4-3-5-7-16/h3-9,12,17H,10-11,13H2,1-2H3. The number of likely N-dealkylation sites (tertiary alicyclic amines) is 1. The van der Waals surface area contributed by atoms with E-state index < -0.39 is 15.1 Å². The number of aryl methyl sites for hydroxylation is 2. The normalized spacial score (nSPS) is 17.9. The Kier molecular flexibility index (Phi) is 4.45.